The summed E-state index contributed by atoms with van der Waals surface area (Å²) < 4.78 is 10.7. The summed E-state index contributed by atoms with van der Waals surface area (Å²) in [6.07, 6.45) is -0.0787. The number of rotatable bonds is 8. The summed E-state index contributed by atoms with van der Waals surface area (Å²) in [5.41, 5.74) is 7.49. The van der Waals surface area contributed by atoms with Gasteiger partial charge in [0.25, 0.3) is 0 Å². The van der Waals surface area contributed by atoms with Crippen molar-refractivity contribution in [1.29, 1.82) is 0 Å². The van der Waals surface area contributed by atoms with E-state index in [0.29, 0.717) is 6.54 Å². The van der Waals surface area contributed by atoms with E-state index in [1.54, 1.807) is 14.2 Å². The third-order valence-corrected chi connectivity index (χ3v) is 3.90. The molecule has 5 nitrogen and oxygen atoms in total. The fourth-order valence-electron chi connectivity index (χ4n) is 2.58. The van der Waals surface area contributed by atoms with E-state index in [1.807, 2.05) is 54.6 Å². The average molecular weight is 365 g/mol. The third kappa shape index (κ3) is 5.74. The summed E-state index contributed by atoms with van der Waals surface area (Å²) in [5.74, 6) is 0.612. The second kappa shape index (κ2) is 10.7. The molecule has 0 saturated carbocycles. The van der Waals surface area contributed by atoms with Crippen molar-refractivity contribution in [2.45, 2.75) is 18.6 Å². The largest absolute Gasteiger partial charge is 0.496 e. The molecule has 2 aromatic carbocycles. The highest BCUT2D eigenvalue weighted by molar-refractivity contribution is 5.85. The molecule has 6 heteroatoms. The summed E-state index contributed by atoms with van der Waals surface area (Å²) in [4.78, 5) is 12.4. The molecule has 0 aliphatic heterocycles. The Labute approximate surface area is 154 Å². The molecule has 0 aromatic heterocycles. The minimum Gasteiger partial charge on any atom is -0.496 e. The number of ether oxygens (including phenoxy) is 2. The molecule has 0 saturated heterocycles. The minimum absolute atomic E-state index is 0. The van der Waals surface area contributed by atoms with Crippen molar-refractivity contribution in [3.8, 4) is 5.75 Å². The molecule has 0 radical (unpaired) electrons. The smallest absolute Gasteiger partial charge is 0.223 e. The van der Waals surface area contributed by atoms with E-state index in [4.69, 9.17) is 15.2 Å². The van der Waals surface area contributed by atoms with Crippen LogP contribution in [0.25, 0.3) is 0 Å². The van der Waals surface area contributed by atoms with Crippen LogP contribution in [-0.4, -0.2) is 32.8 Å². The zero-order chi connectivity index (χ0) is 17.4. The van der Waals surface area contributed by atoms with Crippen molar-refractivity contribution in [2.75, 3.05) is 20.8 Å². The first kappa shape index (κ1) is 21.0. The van der Waals surface area contributed by atoms with Gasteiger partial charge in [-0.2, -0.15) is 0 Å². The number of hydrogen-bond acceptors (Lipinski definition) is 4. The number of benzene rings is 2. The number of nitrogens with two attached hydrogens (primary N) is 1. The van der Waals surface area contributed by atoms with Crippen molar-refractivity contribution in [2.24, 2.45) is 5.73 Å². The van der Waals surface area contributed by atoms with E-state index in [9.17, 15) is 4.79 Å². The zero-order valence-electron chi connectivity index (χ0n) is 14.5. The van der Waals surface area contributed by atoms with E-state index in [2.05, 4.69) is 5.32 Å². The Balaban J connectivity index is 0.00000312. The van der Waals surface area contributed by atoms with Crippen molar-refractivity contribution >= 4 is 18.3 Å². The van der Waals surface area contributed by atoms with Gasteiger partial charge < -0.3 is 20.5 Å². The average Bonchev–Trinajstić information content (AvgIpc) is 2.64. The topological polar surface area (TPSA) is 73.6 Å². The van der Waals surface area contributed by atoms with E-state index in [0.717, 1.165) is 16.9 Å². The maximum atomic E-state index is 12.4. The van der Waals surface area contributed by atoms with Crippen LogP contribution in [0.4, 0.5) is 0 Å². The molecule has 0 aliphatic carbocycles. The lowest BCUT2D eigenvalue weighted by molar-refractivity contribution is -0.123. The summed E-state index contributed by atoms with van der Waals surface area (Å²) >= 11 is 0. The Morgan fingerprint density at radius 2 is 1.72 bits per heavy atom. The van der Waals surface area contributed by atoms with Gasteiger partial charge in [-0.15, -0.1) is 12.4 Å². The van der Waals surface area contributed by atoms with Crippen molar-refractivity contribution in [1.82, 2.24) is 5.32 Å². The van der Waals surface area contributed by atoms with Crippen LogP contribution >= 0.6 is 12.4 Å². The molecule has 2 rings (SSSR count). The van der Waals surface area contributed by atoms with E-state index < -0.39 is 0 Å². The number of halogens is 1. The lowest BCUT2D eigenvalue weighted by Gasteiger charge is -2.23. The van der Waals surface area contributed by atoms with Crippen LogP contribution in [-0.2, 0) is 9.53 Å². The zero-order valence-corrected chi connectivity index (χ0v) is 15.3. The lowest BCUT2D eigenvalue weighted by atomic mass is 9.97. The lowest BCUT2D eigenvalue weighted by Crippen LogP contribution is -2.35. The maximum Gasteiger partial charge on any atom is 0.223 e. The van der Waals surface area contributed by atoms with E-state index in [1.165, 1.54) is 0 Å². The predicted molar refractivity (Wildman–Crippen MR) is 101 cm³/mol. The van der Waals surface area contributed by atoms with Crippen LogP contribution in [0.5, 0.6) is 5.75 Å². The number of carbonyl (C=O) groups excluding carboxylic acids is 1. The van der Waals surface area contributed by atoms with Crippen molar-refractivity contribution < 1.29 is 14.3 Å². The van der Waals surface area contributed by atoms with Gasteiger partial charge >= 0.3 is 0 Å². The maximum absolute atomic E-state index is 12.4. The number of amides is 1. The highest BCUT2D eigenvalue weighted by Gasteiger charge is 2.21. The van der Waals surface area contributed by atoms with Crippen LogP contribution in [0, 0.1) is 0 Å². The van der Waals surface area contributed by atoms with Gasteiger partial charge in [0.2, 0.25) is 5.91 Å². The second-order valence-electron chi connectivity index (χ2n) is 5.45. The Morgan fingerprint density at radius 3 is 2.32 bits per heavy atom. The van der Waals surface area contributed by atoms with Crippen LogP contribution < -0.4 is 15.8 Å². The van der Waals surface area contributed by atoms with Gasteiger partial charge in [0, 0.05) is 19.2 Å². The second-order valence-corrected chi connectivity index (χ2v) is 5.45. The first-order valence-electron chi connectivity index (χ1n) is 7.89. The monoisotopic (exact) mass is 364 g/mol. The molecule has 2 aromatic rings. The molecule has 3 N–H and O–H groups in total. The van der Waals surface area contributed by atoms with Gasteiger partial charge in [0.1, 0.15) is 5.75 Å². The molecule has 0 aliphatic rings. The number of para-hydroxylation sites is 1. The molecule has 2 atom stereocenters. The number of methoxy groups -OCH3 is 2. The van der Waals surface area contributed by atoms with Gasteiger partial charge in [-0.1, -0.05) is 48.5 Å². The molecule has 1 amide bonds. The molecule has 0 fully saturated rings. The summed E-state index contributed by atoms with van der Waals surface area (Å²) in [7, 11) is 3.18. The Kier molecular flexibility index (Phi) is 8.99. The quantitative estimate of drug-likeness (QED) is 0.755. The van der Waals surface area contributed by atoms with Gasteiger partial charge in [-0.05, 0) is 11.6 Å². The van der Waals surface area contributed by atoms with Gasteiger partial charge in [-0.25, -0.2) is 0 Å². The van der Waals surface area contributed by atoms with E-state index >= 15 is 0 Å². The van der Waals surface area contributed by atoms with Crippen molar-refractivity contribution in [3.63, 3.8) is 0 Å². The standard InChI is InChI=1S/C19H24N2O3.ClH/c1-23-15(13-20)12-18(22)21-19(14-8-4-3-5-9-14)16-10-6-7-11-17(16)24-2;/h3-11,15,19H,12-13,20H2,1-2H3,(H,21,22);1H. The number of carbonyl (C=O) groups is 1. The molecule has 25 heavy (non-hydrogen) atoms. The van der Waals surface area contributed by atoms with E-state index in [-0.39, 0.29) is 36.9 Å². The summed E-state index contributed by atoms with van der Waals surface area (Å²) in [6, 6.07) is 17.2. The minimum atomic E-state index is -0.301. The molecule has 0 spiro atoms. The number of hydrogen-bond donors (Lipinski definition) is 2. The molecule has 0 bridgehead atoms. The molecule has 0 heterocycles. The predicted octanol–water partition coefficient (Wildman–Crippen LogP) is 2.69. The normalized spacial score (nSPS) is 12.6. The molecule has 136 valence electrons. The summed E-state index contributed by atoms with van der Waals surface area (Å²) in [5, 5.41) is 3.07. The molecular formula is C19H25ClN2O3. The Hall–Kier alpha value is -2.08. The Bertz CT molecular complexity index is 648. The van der Waals surface area contributed by atoms with Crippen LogP contribution in [0.3, 0.4) is 0 Å². The fourth-order valence-corrected chi connectivity index (χ4v) is 2.58. The first-order valence-corrected chi connectivity index (χ1v) is 7.89. The van der Waals surface area contributed by atoms with Gasteiger partial charge in [0.15, 0.2) is 0 Å². The third-order valence-electron chi connectivity index (χ3n) is 3.90. The van der Waals surface area contributed by atoms with Gasteiger partial charge in [-0.3, -0.25) is 4.79 Å². The molecular weight excluding hydrogens is 340 g/mol. The van der Waals surface area contributed by atoms with Crippen LogP contribution in [0.2, 0.25) is 0 Å². The highest BCUT2D eigenvalue weighted by atomic mass is 35.5. The Morgan fingerprint density at radius 1 is 1.08 bits per heavy atom. The fraction of sp³-hybridized carbons (Fsp3) is 0.316. The van der Waals surface area contributed by atoms with Crippen LogP contribution in [0.1, 0.15) is 23.6 Å². The highest BCUT2D eigenvalue weighted by Crippen LogP contribution is 2.29. The molecule has 2 unspecified atom stereocenters. The van der Waals surface area contributed by atoms with Gasteiger partial charge in [0.05, 0.1) is 25.7 Å². The SMILES string of the molecule is COc1ccccc1C(NC(=O)CC(CN)OC)c1ccccc1.Cl. The summed E-state index contributed by atoms with van der Waals surface area (Å²) in [6.45, 7) is 0.300. The van der Waals surface area contributed by atoms with Crippen LogP contribution in [0.15, 0.2) is 54.6 Å². The van der Waals surface area contributed by atoms with Crippen molar-refractivity contribution in [3.05, 3.63) is 65.7 Å². The first-order chi connectivity index (χ1) is 11.7. The number of nitrogens with one attached hydrogen (secondary N) is 1.